The van der Waals surface area contributed by atoms with E-state index in [4.69, 9.17) is 14.2 Å². The Morgan fingerprint density at radius 3 is 2.29 bits per heavy atom. The normalized spacial score (nSPS) is 10.0. The van der Waals surface area contributed by atoms with Gasteiger partial charge in [-0.2, -0.15) is 0 Å². The van der Waals surface area contributed by atoms with Crippen LogP contribution in [0.3, 0.4) is 0 Å². The maximum Gasteiger partial charge on any atom is 0.203 e. The number of hydrogen-bond acceptors (Lipinski definition) is 5. The maximum atomic E-state index is 10.9. The Morgan fingerprint density at radius 2 is 1.76 bits per heavy atom. The Hall–Kier alpha value is -2.69. The first-order valence-corrected chi connectivity index (χ1v) is 6.30. The zero-order chi connectivity index (χ0) is 15.2. The van der Waals surface area contributed by atoms with Gasteiger partial charge in [0, 0.05) is 5.56 Å². The summed E-state index contributed by atoms with van der Waals surface area (Å²) < 4.78 is 16.2. The molecule has 0 saturated carbocycles. The van der Waals surface area contributed by atoms with Gasteiger partial charge in [0.2, 0.25) is 5.75 Å². The standard InChI is InChI=1S/C16H16O5/c1-19-14-7-12(9-17)8-15(20-2)16(14)21-10-11-4-3-5-13(18)6-11/h3-9,18H,10H2,1-2H3. The van der Waals surface area contributed by atoms with Crippen LogP contribution < -0.4 is 14.2 Å². The van der Waals surface area contributed by atoms with Gasteiger partial charge in [0.05, 0.1) is 14.2 Å². The first kappa shape index (κ1) is 14.7. The number of ether oxygens (including phenoxy) is 3. The second-order valence-electron chi connectivity index (χ2n) is 4.33. The Kier molecular flexibility index (Phi) is 4.66. The predicted molar refractivity (Wildman–Crippen MR) is 77.4 cm³/mol. The minimum Gasteiger partial charge on any atom is -0.508 e. The summed E-state index contributed by atoms with van der Waals surface area (Å²) in [6, 6.07) is 9.92. The summed E-state index contributed by atoms with van der Waals surface area (Å²) in [5, 5.41) is 9.44. The summed E-state index contributed by atoms with van der Waals surface area (Å²) in [6.07, 6.45) is 0.712. The van der Waals surface area contributed by atoms with Gasteiger partial charge in [-0.25, -0.2) is 0 Å². The summed E-state index contributed by atoms with van der Waals surface area (Å²) in [6.45, 7) is 0.238. The molecule has 0 aliphatic carbocycles. The van der Waals surface area contributed by atoms with Gasteiger partial charge in [-0.05, 0) is 29.8 Å². The summed E-state index contributed by atoms with van der Waals surface area (Å²) in [4.78, 5) is 10.9. The molecule has 0 fully saturated rings. The number of aromatic hydroxyl groups is 1. The quantitative estimate of drug-likeness (QED) is 0.828. The van der Waals surface area contributed by atoms with Gasteiger partial charge >= 0.3 is 0 Å². The molecular weight excluding hydrogens is 272 g/mol. The van der Waals surface area contributed by atoms with E-state index in [9.17, 15) is 9.90 Å². The highest BCUT2D eigenvalue weighted by atomic mass is 16.5. The molecule has 21 heavy (non-hydrogen) atoms. The van der Waals surface area contributed by atoms with Gasteiger partial charge in [-0.3, -0.25) is 4.79 Å². The number of carbonyl (C=O) groups excluding carboxylic acids is 1. The van der Waals surface area contributed by atoms with Crippen LogP contribution in [-0.4, -0.2) is 25.6 Å². The van der Waals surface area contributed by atoms with Crippen LogP contribution in [0.4, 0.5) is 0 Å². The molecule has 5 heteroatoms. The largest absolute Gasteiger partial charge is 0.508 e. The van der Waals surface area contributed by atoms with E-state index in [-0.39, 0.29) is 12.4 Å². The van der Waals surface area contributed by atoms with Crippen molar-refractivity contribution >= 4 is 6.29 Å². The van der Waals surface area contributed by atoms with Crippen LogP contribution in [0.2, 0.25) is 0 Å². The van der Waals surface area contributed by atoms with Crippen molar-refractivity contribution in [1.29, 1.82) is 0 Å². The van der Waals surface area contributed by atoms with Crippen molar-refractivity contribution in [1.82, 2.24) is 0 Å². The molecule has 0 radical (unpaired) electrons. The summed E-state index contributed by atoms with van der Waals surface area (Å²) >= 11 is 0. The molecule has 1 N–H and O–H groups in total. The van der Waals surface area contributed by atoms with Crippen LogP contribution in [0.1, 0.15) is 15.9 Å². The average molecular weight is 288 g/mol. The van der Waals surface area contributed by atoms with Crippen molar-refractivity contribution in [3.05, 3.63) is 47.5 Å². The van der Waals surface area contributed by atoms with Crippen LogP contribution in [0.25, 0.3) is 0 Å². The van der Waals surface area contributed by atoms with E-state index < -0.39 is 0 Å². The number of phenolic OH excluding ortho intramolecular Hbond substituents is 1. The zero-order valence-electron chi connectivity index (χ0n) is 11.8. The predicted octanol–water partition coefficient (Wildman–Crippen LogP) is 2.80. The molecule has 0 amide bonds. The first-order chi connectivity index (χ1) is 10.2. The van der Waals surface area contributed by atoms with Gasteiger partial charge in [-0.1, -0.05) is 12.1 Å². The molecule has 0 aliphatic rings. The number of aldehydes is 1. The lowest BCUT2D eigenvalue weighted by atomic mass is 10.2. The second kappa shape index (κ2) is 6.65. The van der Waals surface area contributed by atoms with Gasteiger partial charge in [-0.15, -0.1) is 0 Å². The van der Waals surface area contributed by atoms with Crippen molar-refractivity contribution < 1.29 is 24.1 Å². The highest BCUT2D eigenvalue weighted by Crippen LogP contribution is 2.38. The van der Waals surface area contributed by atoms with Gasteiger partial charge in [0.15, 0.2) is 11.5 Å². The van der Waals surface area contributed by atoms with E-state index in [1.807, 2.05) is 6.07 Å². The van der Waals surface area contributed by atoms with Gasteiger partial charge in [0.1, 0.15) is 18.6 Å². The maximum absolute atomic E-state index is 10.9. The number of hydrogen-bond donors (Lipinski definition) is 1. The molecule has 0 heterocycles. The van der Waals surface area contributed by atoms with Crippen LogP contribution in [0, 0.1) is 0 Å². The van der Waals surface area contributed by atoms with Crippen molar-refractivity contribution in [2.75, 3.05) is 14.2 Å². The van der Waals surface area contributed by atoms with Gasteiger partial charge in [0.25, 0.3) is 0 Å². The molecule has 5 nitrogen and oxygen atoms in total. The van der Waals surface area contributed by atoms with Crippen molar-refractivity contribution in [3.8, 4) is 23.0 Å². The van der Waals surface area contributed by atoms with E-state index in [0.717, 1.165) is 5.56 Å². The van der Waals surface area contributed by atoms with Crippen LogP contribution in [-0.2, 0) is 6.61 Å². The topological polar surface area (TPSA) is 65.0 Å². The molecule has 2 aromatic carbocycles. The molecule has 0 atom stereocenters. The first-order valence-electron chi connectivity index (χ1n) is 6.30. The molecule has 0 unspecified atom stereocenters. The smallest absolute Gasteiger partial charge is 0.203 e. The number of benzene rings is 2. The highest BCUT2D eigenvalue weighted by molar-refractivity contribution is 5.78. The number of rotatable bonds is 6. The molecule has 0 spiro atoms. The summed E-state index contributed by atoms with van der Waals surface area (Å²) in [5.41, 5.74) is 1.24. The fraction of sp³-hybridized carbons (Fsp3) is 0.188. The molecule has 0 aliphatic heterocycles. The lowest BCUT2D eigenvalue weighted by molar-refractivity contribution is 0.112. The minimum absolute atomic E-state index is 0.173. The monoisotopic (exact) mass is 288 g/mol. The SMILES string of the molecule is COc1cc(C=O)cc(OC)c1OCc1cccc(O)c1. The molecule has 0 saturated heterocycles. The van der Waals surface area contributed by atoms with Crippen LogP contribution >= 0.6 is 0 Å². The summed E-state index contributed by atoms with van der Waals surface area (Å²) in [7, 11) is 2.98. The second-order valence-corrected chi connectivity index (χ2v) is 4.33. The van der Waals surface area contributed by atoms with Crippen LogP contribution in [0.15, 0.2) is 36.4 Å². The van der Waals surface area contributed by atoms with Crippen molar-refractivity contribution in [2.24, 2.45) is 0 Å². The Morgan fingerprint density at radius 1 is 1.10 bits per heavy atom. The van der Waals surface area contributed by atoms with E-state index in [1.54, 1.807) is 30.3 Å². The zero-order valence-corrected chi connectivity index (χ0v) is 11.8. The Balaban J connectivity index is 2.28. The Bertz CT molecular complexity index is 611. The third-order valence-electron chi connectivity index (χ3n) is 2.91. The molecule has 0 bridgehead atoms. The van der Waals surface area contributed by atoms with E-state index in [2.05, 4.69) is 0 Å². The molecule has 2 rings (SSSR count). The lowest BCUT2D eigenvalue weighted by Gasteiger charge is -2.15. The molecule has 110 valence electrons. The molecule has 0 aromatic heterocycles. The Labute approximate surface area is 122 Å². The van der Waals surface area contributed by atoms with Gasteiger partial charge < -0.3 is 19.3 Å². The molecule has 2 aromatic rings. The number of phenols is 1. The third-order valence-corrected chi connectivity index (χ3v) is 2.91. The fourth-order valence-electron chi connectivity index (χ4n) is 1.91. The number of methoxy groups -OCH3 is 2. The van der Waals surface area contributed by atoms with Crippen LogP contribution in [0.5, 0.6) is 23.0 Å². The highest BCUT2D eigenvalue weighted by Gasteiger charge is 2.14. The molecular formula is C16H16O5. The minimum atomic E-state index is 0.173. The third kappa shape index (κ3) is 3.45. The fourth-order valence-corrected chi connectivity index (χ4v) is 1.91. The van der Waals surface area contributed by atoms with E-state index >= 15 is 0 Å². The van der Waals surface area contributed by atoms with E-state index in [0.29, 0.717) is 29.1 Å². The van der Waals surface area contributed by atoms with E-state index in [1.165, 1.54) is 14.2 Å². The van der Waals surface area contributed by atoms with Crippen molar-refractivity contribution in [3.63, 3.8) is 0 Å². The lowest BCUT2D eigenvalue weighted by Crippen LogP contribution is -2.01. The summed E-state index contributed by atoms with van der Waals surface area (Å²) in [5.74, 6) is 1.41. The average Bonchev–Trinajstić information content (AvgIpc) is 2.52. The van der Waals surface area contributed by atoms with Crippen molar-refractivity contribution in [2.45, 2.75) is 6.61 Å². The number of carbonyl (C=O) groups is 1.